The molecule has 0 unspecified atom stereocenters. The van der Waals surface area contributed by atoms with Gasteiger partial charge in [-0.15, -0.1) is 12.4 Å². The summed E-state index contributed by atoms with van der Waals surface area (Å²) in [6.45, 7) is -0.0244. The van der Waals surface area contributed by atoms with Crippen LogP contribution in [0.2, 0.25) is 0 Å². The highest BCUT2D eigenvalue weighted by atomic mass is 35.5. The maximum atomic E-state index is 10.9. The van der Waals surface area contributed by atoms with Gasteiger partial charge in [0.15, 0.2) is 5.78 Å². The van der Waals surface area contributed by atoms with Crippen molar-refractivity contribution in [2.45, 2.75) is 0 Å². The first-order valence-electron chi connectivity index (χ1n) is 3.26. The monoisotopic (exact) mass is 187 g/mol. The molecule has 0 atom stereocenters. The van der Waals surface area contributed by atoms with Gasteiger partial charge in [-0.1, -0.05) is 12.1 Å². The molecule has 0 aromatic heterocycles. The van der Waals surface area contributed by atoms with E-state index in [0.717, 1.165) is 0 Å². The van der Waals surface area contributed by atoms with Gasteiger partial charge in [0, 0.05) is 5.56 Å². The largest absolute Gasteiger partial charge is 0.508 e. The summed E-state index contributed by atoms with van der Waals surface area (Å²) in [6.07, 6.45) is 0. The lowest BCUT2D eigenvalue weighted by molar-refractivity contribution is 0.100. The highest BCUT2D eigenvalue weighted by Crippen LogP contribution is 2.10. The number of rotatable bonds is 2. The Labute approximate surface area is 76.6 Å². The molecule has 4 heteroatoms. The Hall–Kier alpha value is -1.06. The molecular weight excluding hydrogens is 178 g/mol. The van der Waals surface area contributed by atoms with E-state index in [1.54, 1.807) is 12.1 Å². The van der Waals surface area contributed by atoms with Gasteiger partial charge in [-0.3, -0.25) is 4.79 Å². The zero-order valence-electron chi connectivity index (χ0n) is 6.36. The molecule has 3 nitrogen and oxygen atoms in total. The molecule has 0 fully saturated rings. The van der Waals surface area contributed by atoms with Gasteiger partial charge >= 0.3 is 0 Å². The number of halogens is 1. The van der Waals surface area contributed by atoms with E-state index in [9.17, 15) is 4.79 Å². The van der Waals surface area contributed by atoms with Crippen LogP contribution in [0.1, 0.15) is 10.4 Å². The summed E-state index contributed by atoms with van der Waals surface area (Å²) < 4.78 is 0. The van der Waals surface area contributed by atoms with Gasteiger partial charge < -0.3 is 10.8 Å². The van der Waals surface area contributed by atoms with Crippen molar-refractivity contribution in [1.82, 2.24) is 0 Å². The zero-order valence-corrected chi connectivity index (χ0v) is 7.17. The van der Waals surface area contributed by atoms with E-state index in [1.165, 1.54) is 12.1 Å². The Morgan fingerprint density at radius 1 is 1.50 bits per heavy atom. The predicted molar refractivity (Wildman–Crippen MR) is 48.7 cm³/mol. The van der Waals surface area contributed by atoms with Crippen LogP contribution in [0.5, 0.6) is 5.75 Å². The van der Waals surface area contributed by atoms with Gasteiger partial charge in [-0.25, -0.2) is 0 Å². The molecular formula is C8H10ClNO2. The Balaban J connectivity index is 0.00000121. The summed E-state index contributed by atoms with van der Waals surface area (Å²) in [7, 11) is 0. The highest BCUT2D eigenvalue weighted by molar-refractivity contribution is 5.97. The molecule has 1 rings (SSSR count). The maximum absolute atomic E-state index is 10.9. The van der Waals surface area contributed by atoms with E-state index in [4.69, 9.17) is 10.8 Å². The summed E-state index contributed by atoms with van der Waals surface area (Å²) >= 11 is 0. The first-order valence-corrected chi connectivity index (χ1v) is 3.26. The Bertz CT molecular complexity index is 276. The van der Waals surface area contributed by atoms with Crippen LogP contribution in [0.25, 0.3) is 0 Å². The molecule has 0 aliphatic carbocycles. The van der Waals surface area contributed by atoms with Crippen LogP contribution in [0.3, 0.4) is 0 Å². The minimum absolute atomic E-state index is 0. The number of phenols is 1. The summed E-state index contributed by atoms with van der Waals surface area (Å²) in [6, 6.07) is 6.13. The van der Waals surface area contributed by atoms with Crippen molar-refractivity contribution in [3.8, 4) is 5.75 Å². The second-order valence-electron chi connectivity index (χ2n) is 2.18. The lowest BCUT2D eigenvalue weighted by Crippen LogP contribution is -2.13. The van der Waals surface area contributed by atoms with Crippen LogP contribution in [0.4, 0.5) is 0 Å². The van der Waals surface area contributed by atoms with Crippen LogP contribution < -0.4 is 5.73 Å². The third kappa shape index (κ3) is 2.53. The first-order chi connectivity index (χ1) is 5.24. The van der Waals surface area contributed by atoms with Crippen molar-refractivity contribution in [2.24, 2.45) is 5.73 Å². The molecule has 1 aromatic rings. The van der Waals surface area contributed by atoms with Crippen LogP contribution in [-0.4, -0.2) is 17.4 Å². The number of aromatic hydroxyl groups is 1. The quantitative estimate of drug-likeness (QED) is 0.678. The van der Waals surface area contributed by atoms with Crippen LogP contribution in [0.15, 0.2) is 24.3 Å². The van der Waals surface area contributed by atoms with E-state index >= 15 is 0 Å². The third-order valence-electron chi connectivity index (χ3n) is 1.35. The molecule has 66 valence electrons. The number of carbonyl (C=O) groups excluding carboxylic acids is 1. The number of hydrogen-bond acceptors (Lipinski definition) is 3. The summed E-state index contributed by atoms with van der Waals surface area (Å²) in [4.78, 5) is 10.9. The van der Waals surface area contributed by atoms with Crippen molar-refractivity contribution >= 4 is 18.2 Å². The molecule has 1 aromatic carbocycles. The van der Waals surface area contributed by atoms with Gasteiger partial charge in [0.05, 0.1) is 6.54 Å². The Morgan fingerprint density at radius 2 is 2.17 bits per heavy atom. The number of hydrogen-bond donors (Lipinski definition) is 2. The first kappa shape index (κ1) is 10.9. The Morgan fingerprint density at radius 3 is 2.67 bits per heavy atom. The predicted octanol–water partition coefficient (Wildman–Crippen LogP) is 0.955. The standard InChI is InChI=1S/C8H9NO2.ClH/c9-5-8(11)6-2-1-3-7(10)4-6;/h1-4,10H,5,9H2;1H. The van der Waals surface area contributed by atoms with Gasteiger partial charge in [0.2, 0.25) is 0 Å². The lowest BCUT2D eigenvalue weighted by Gasteiger charge is -1.96. The third-order valence-corrected chi connectivity index (χ3v) is 1.35. The molecule has 0 saturated carbocycles. The summed E-state index contributed by atoms with van der Waals surface area (Å²) in [5.74, 6) is -0.0785. The highest BCUT2D eigenvalue weighted by Gasteiger charge is 2.01. The molecule has 0 amide bonds. The second-order valence-corrected chi connectivity index (χ2v) is 2.18. The van der Waals surface area contributed by atoms with E-state index in [2.05, 4.69) is 0 Å². The SMILES string of the molecule is Cl.NCC(=O)c1cccc(O)c1. The van der Waals surface area contributed by atoms with Gasteiger partial charge in [0.25, 0.3) is 0 Å². The average Bonchev–Trinajstić information content (AvgIpc) is 2.03. The number of carbonyl (C=O) groups is 1. The van der Waals surface area contributed by atoms with E-state index in [-0.39, 0.29) is 30.5 Å². The molecule has 0 aliphatic rings. The van der Waals surface area contributed by atoms with E-state index < -0.39 is 0 Å². The van der Waals surface area contributed by atoms with Crippen molar-refractivity contribution in [1.29, 1.82) is 0 Å². The summed E-state index contributed by atoms with van der Waals surface area (Å²) in [5.41, 5.74) is 5.57. The molecule has 0 aliphatic heterocycles. The maximum Gasteiger partial charge on any atom is 0.176 e. The molecule has 0 radical (unpaired) electrons. The Kier molecular flexibility index (Phi) is 4.33. The molecule has 0 heterocycles. The molecule has 12 heavy (non-hydrogen) atoms. The van der Waals surface area contributed by atoms with Crippen molar-refractivity contribution in [2.75, 3.05) is 6.54 Å². The van der Waals surface area contributed by atoms with Gasteiger partial charge in [-0.05, 0) is 12.1 Å². The van der Waals surface area contributed by atoms with Crippen molar-refractivity contribution in [3.05, 3.63) is 29.8 Å². The fourth-order valence-electron chi connectivity index (χ4n) is 0.797. The van der Waals surface area contributed by atoms with Crippen molar-refractivity contribution in [3.63, 3.8) is 0 Å². The molecule has 0 spiro atoms. The number of benzene rings is 1. The minimum Gasteiger partial charge on any atom is -0.508 e. The van der Waals surface area contributed by atoms with Crippen molar-refractivity contribution < 1.29 is 9.90 Å². The minimum atomic E-state index is -0.166. The van der Waals surface area contributed by atoms with E-state index in [1.807, 2.05) is 0 Å². The number of nitrogens with two attached hydrogens (primary N) is 1. The summed E-state index contributed by atoms with van der Waals surface area (Å²) in [5, 5.41) is 8.96. The van der Waals surface area contributed by atoms with Gasteiger partial charge in [-0.2, -0.15) is 0 Å². The number of phenolic OH excluding ortho intramolecular Hbond substituents is 1. The van der Waals surface area contributed by atoms with Crippen LogP contribution in [0, 0.1) is 0 Å². The number of ketones is 1. The fraction of sp³-hybridized carbons (Fsp3) is 0.125. The molecule has 0 bridgehead atoms. The zero-order chi connectivity index (χ0) is 8.27. The fourth-order valence-corrected chi connectivity index (χ4v) is 0.797. The topological polar surface area (TPSA) is 63.3 Å². The van der Waals surface area contributed by atoms with E-state index in [0.29, 0.717) is 5.56 Å². The number of Topliss-reactive ketones (excluding diaryl/α,β-unsaturated/α-hetero) is 1. The lowest BCUT2D eigenvalue weighted by atomic mass is 10.1. The second kappa shape index (κ2) is 4.74. The average molecular weight is 188 g/mol. The molecule has 0 saturated heterocycles. The van der Waals surface area contributed by atoms with Crippen LogP contribution in [-0.2, 0) is 0 Å². The van der Waals surface area contributed by atoms with Gasteiger partial charge in [0.1, 0.15) is 5.75 Å². The molecule has 3 N–H and O–H groups in total. The normalized spacial score (nSPS) is 8.75. The smallest absolute Gasteiger partial charge is 0.176 e. The van der Waals surface area contributed by atoms with Crippen LogP contribution >= 0.6 is 12.4 Å².